The Bertz CT molecular complexity index is 527. The molecule has 1 aromatic heterocycles. The lowest BCUT2D eigenvalue weighted by atomic mass is 9.86. The number of Topliss-reactive ketones (excluding diaryl/α,β-unsaturated/α-hetero) is 1. The number of esters is 1. The number of nitrogens with one attached hydrogen (secondary N) is 1. The lowest BCUT2D eigenvalue weighted by molar-refractivity contribution is 0.0517. The fraction of sp³-hybridized carbons (Fsp3) is 0.667. The SMILES string of the molecule is CCOC(=O)c1nc(NC2CCCCC2C)sc1C(C)=O. The maximum Gasteiger partial charge on any atom is 0.358 e. The molecule has 5 nitrogen and oxygen atoms in total. The molecule has 1 aliphatic rings. The highest BCUT2D eigenvalue weighted by molar-refractivity contribution is 7.17. The van der Waals surface area contributed by atoms with Crippen LogP contribution < -0.4 is 5.32 Å². The van der Waals surface area contributed by atoms with E-state index in [2.05, 4.69) is 17.2 Å². The predicted octanol–water partition coefficient (Wildman–Crippen LogP) is 3.51. The number of ether oxygens (including phenoxy) is 1. The van der Waals surface area contributed by atoms with Crippen molar-refractivity contribution in [2.45, 2.75) is 52.5 Å². The van der Waals surface area contributed by atoms with Gasteiger partial charge in [-0.3, -0.25) is 4.79 Å². The molecule has 0 amide bonds. The zero-order valence-corrected chi connectivity index (χ0v) is 13.6. The largest absolute Gasteiger partial charge is 0.461 e. The van der Waals surface area contributed by atoms with Crippen molar-refractivity contribution in [1.29, 1.82) is 0 Å². The van der Waals surface area contributed by atoms with Crippen molar-refractivity contribution in [3.8, 4) is 0 Å². The van der Waals surface area contributed by atoms with Crippen LogP contribution in [0.4, 0.5) is 5.13 Å². The van der Waals surface area contributed by atoms with Gasteiger partial charge in [-0.25, -0.2) is 9.78 Å². The second-order valence-electron chi connectivity index (χ2n) is 5.49. The first-order valence-electron chi connectivity index (χ1n) is 7.48. The molecule has 2 rings (SSSR count). The molecular formula is C15H22N2O3S. The molecule has 0 spiro atoms. The molecule has 0 saturated heterocycles. The van der Waals surface area contributed by atoms with Crippen LogP contribution in [0.5, 0.6) is 0 Å². The minimum atomic E-state index is -0.524. The molecule has 116 valence electrons. The van der Waals surface area contributed by atoms with Crippen molar-refractivity contribution in [2.75, 3.05) is 11.9 Å². The number of carbonyl (C=O) groups is 2. The molecule has 21 heavy (non-hydrogen) atoms. The van der Waals surface area contributed by atoms with Crippen molar-refractivity contribution in [3.05, 3.63) is 10.6 Å². The van der Waals surface area contributed by atoms with Crippen molar-refractivity contribution in [3.63, 3.8) is 0 Å². The van der Waals surface area contributed by atoms with E-state index in [4.69, 9.17) is 4.74 Å². The monoisotopic (exact) mass is 310 g/mol. The van der Waals surface area contributed by atoms with Crippen LogP contribution in [-0.2, 0) is 4.74 Å². The molecule has 1 heterocycles. The molecule has 1 N–H and O–H groups in total. The van der Waals surface area contributed by atoms with Crippen LogP contribution in [0.2, 0.25) is 0 Å². The Morgan fingerprint density at radius 3 is 2.71 bits per heavy atom. The summed E-state index contributed by atoms with van der Waals surface area (Å²) in [5, 5.41) is 4.03. The van der Waals surface area contributed by atoms with Crippen molar-refractivity contribution in [1.82, 2.24) is 4.98 Å². The number of carbonyl (C=O) groups excluding carboxylic acids is 2. The second kappa shape index (κ2) is 7.02. The first-order chi connectivity index (χ1) is 10.0. The molecule has 0 radical (unpaired) electrons. The number of hydrogen-bond donors (Lipinski definition) is 1. The molecule has 6 heteroatoms. The highest BCUT2D eigenvalue weighted by atomic mass is 32.1. The van der Waals surface area contributed by atoms with Crippen LogP contribution in [-0.4, -0.2) is 29.4 Å². The Kier molecular flexibility index (Phi) is 5.33. The second-order valence-corrected chi connectivity index (χ2v) is 6.49. The first kappa shape index (κ1) is 15.9. The summed E-state index contributed by atoms with van der Waals surface area (Å²) in [6, 6.07) is 0.361. The minimum Gasteiger partial charge on any atom is -0.461 e. The highest BCUT2D eigenvalue weighted by Gasteiger charge is 2.26. The van der Waals surface area contributed by atoms with E-state index in [1.807, 2.05) is 0 Å². The maximum absolute atomic E-state index is 11.9. The summed E-state index contributed by atoms with van der Waals surface area (Å²) in [4.78, 5) is 28.2. The van der Waals surface area contributed by atoms with Gasteiger partial charge >= 0.3 is 5.97 Å². The van der Waals surface area contributed by atoms with Gasteiger partial charge in [-0.1, -0.05) is 31.1 Å². The molecule has 0 bridgehead atoms. The number of thiazole rings is 1. The summed E-state index contributed by atoms with van der Waals surface area (Å²) in [7, 11) is 0. The quantitative estimate of drug-likeness (QED) is 0.666. The molecule has 0 aliphatic heterocycles. The predicted molar refractivity (Wildman–Crippen MR) is 83.1 cm³/mol. The normalized spacial score (nSPS) is 21.9. The maximum atomic E-state index is 11.9. The Labute approximate surface area is 129 Å². The van der Waals surface area contributed by atoms with E-state index in [1.165, 1.54) is 37.5 Å². The summed E-state index contributed by atoms with van der Waals surface area (Å²) in [5.41, 5.74) is 0.139. The van der Waals surface area contributed by atoms with Crippen LogP contribution in [0, 0.1) is 5.92 Å². The number of anilines is 1. The number of hydrogen-bond acceptors (Lipinski definition) is 6. The molecule has 2 unspecified atom stereocenters. The number of ketones is 1. The molecule has 0 aromatic carbocycles. The van der Waals surface area contributed by atoms with Crippen LogP contribution in [0.25, 0.3) is 0 Å². The van der Waals surface area contributed by atoms with Crippen LogP contribution >= 0.6 is 11.3 Å². The van der Waals surface area contributed by atoms with Crippen molar-refractivity contribution >= 4 is 28.2 Å². The van der Waals surface area contributed by atoms with Crippen molar-refractivity contribution in [2.24, 2.45) is 5.92 Å². The van der Waals surface area contributed by atoms with Gasteiger partial charge in [0.15, 0.2) is 16.6 Å². The van der Waals surface area contributed by atoms with E-state index in [0.717, 1.165) is 6.42 Å². The van der Waals surface area contributed by atoms with Crippen LogP contribution in [0.15, 0.2) is 0 Å². The summed E-state index contributed by atoms with van der Waals surface area (Å²) >= 11 is 1.24. The van der Waals surface area contributed by atoms with Crippen molar-refractivity contribution < 1.29 is 14.3 Å². The van der Waals surface area contributed by atoms with Gasteiger partial charge in [-0.2, -0.15) is 0 Å². The van der Waals surface area contributed by atoms with E-state index in [0.29, 0.717) is 22.0 Å². The Morgan fingerprint density at radius 1 is 1.38 bits per heavy atom. The zero-order chi connectivity index (χ0) is 15.4. The number of rotatable bonds is 5. The Balaban J connectivity index is 2.18. The zero-order valence-electron chi connectivity index (χ0n) is 12.8. The minimum absolute atomic E-state index is 0.139. The van der Waals surface area contributed by atoms with E-state index < -0.39 is 5.97 Å². The van der Waals surface area contributed by atoms with Crippen LogP contribution in [0.3, 0.4) is 0 Å². The van der Waals surface area contributed by atoms with Gasteiger partial charge in [0.2, 0.25) is 0 Å². The van der Waals surface area contributed by atoms with E-state index in [-0.39, 0.29) is 18.1 Å². The third kappa shape index (κ3) is 3.81. The number of nitrogens with zero attached hydrogens (tertiary/aromatic N) is 1. The lowest BCUT2D eigenvalue weighted by Gasteiger charge is -2.29. The van der Waals surface area contributed by atoms with Gasteiger partial charge in [-0.05, 0) is 25.7 Å². The van der Waals surface area contributed by atoms with Gasteiger partial charge in [0.1, 0.15) is 4.88 Å². The fourth-order valence-electron chi connectivity index (χ4n) is 2.65. The summed E-state index contributed by atoms with van der Waals surface area (Å²) in [6.45, 7) is 5.68. The first-order valence-corrected chi connectivity index (χ1v) is 8.30. The molecule has 2 atom stereocenters. The molecule has 1 aromatic rings. The molecule has 1 saturated carbocycles. The molecule has 1 fully saturated rings. The molecular weight excluding hydrogens is 288 g/mol. The summed E-state index contributed by atoms with van der Waals surface area (Å²) in [6.07, 6.45) is 4.78. The third-order valence-electron chi connectivity index (χ3n) is 3.84. The Morgan fingerprint density at radius 2 is 2.10 bits per heavy atom. The highest BCUT2D eigenvalue weighted by Crippen LogP contribution is 2.30. The lowest BCUT2D eigenvalue weighted by Crippen LogP contribution is -2.30. The summed E-state index contributed by atoms with van der Waals surface area (Å²) < 4.78 is 4.97. The topological polar surface area (TPSA) is 68.3 Å². The van der Waals surface area contributed by atoms with E-state index in [1.54, 1.807) is 6.92 Å². The Hall–Kier alpha value is -1.43. The smallest absolute Gasteiger partial charge is 0.358 e. The number of aromatic nitrogens is 1. The van der Waals surface area contributed by atoms with E-state index in [9.17, 15) is 9.59 Å². The third-order valence-corrected chi connectivity index (χ3v) is 4.92. The average molecular weight is 310 g/mol. The van der Waals surface area contributed by atoms with Gasteiger partial charge < -0.3 is 10.1 Å². The fourth-order valence-corrected chi connectivity index (χ4v) is 3.56. The van der Waals surface area contributed by atoms with Gasteiger partial charge in [0, 0.05) is 13.0 Å². The summed E-state index contributed by atoms with van der Waals surface area (Å²) in [5.74, 6) is -0.0986. The van der Waals surface area contributed by atoms with Gasteiger partial charge in [0.25, 0.3) is 0 Å². The van der Waals surface area contributed by atoms with E-state index >= 15 is 0 Å². The average Bonchev–Trinajstić information content (AvgIpc) is 2.86. The standard InChI is InChI=1S/C15H22N2O3S/c1-4-20-14(19)12-13(10(3)18)21-15(17-12)16-11-8-6-5-7-9(11)2/h9,11H,4-8H2,1-3H3,(H,16,17). The van der Waals surface area contributed by atoms with Gasteiger partial charge in [0.05, 0.1) is 6.61 Å². The molecule has 1 aliphatic carbocycles. The van der Waals surface area contributed by atoms with Crippen LogP contribution in [0.1, 0.15) is 66.6 Å². The van der Waals surface area contributed by atoms with Gasteiger partial charge in [-0.15, -0.1) is 0 Å².